The zero-order chi connectivity index (χ0) is 13.1. The molecule has 0 bridgehead atoms. The molecule has 5 heteroatoms. The maximum Gasteiger partial charge on any atom is 0.338 e. The van der Waals surface area contributed by atoms with Gasteiger partial charge >= 0.3 is 5.97 Å². The molecular weight excluding hydrogens is 237 g/mol. The zero-order valence-corrected chi connectivity index (χ0v) is 10.2. The van der Waals surface area contributed by atoms with Crippen LogP contribution in [0, 0.1) is 5.82 Å². The van der Waals surface area contributed by atoms with E-state index >= 15 is 0 Å². The summed E-state index contributed by atoms with van der Waals surface area (Å²) in [6.07, 6.45) is 0. The molecule has 1 aromatic rings. The average Bonchev–Trinajstić information content (AvgIpc) is 2.34. The molecule has 1 saturated heterocycles. The number of ether oxygens (including phenoxy) is 1. The number of hydrogen-bond acceptors (Lipinski definition) is 3. The van der Waals surface area contributed by atoms with Crippen molar-refractivity contribution in [3.05, 3.63) is 35.1 Å². The van der Waals surface area contributed by atoms with Crippen LogP contribution in [0.1, 0.15) is 22.8 Å². The van der Waals surface area contributed by atoms with Gasteiger partial charge in [0.25, 0.3) is 0 Å². The molecule has 1 unspecified atom stereocenters. The Morgan fingerprint density at radius 3 is 3.06 bits per heavy atom. The van der Waals surface area contributed by atoms with Gasteiger partial charge in [0.05, 0.1) is 18.8 Å². The molecule has 1 heterocycles. The Labute approximate surface area is 105 Å². The third-order valence-corrected chi connectivity index (χ3v) is 3.19. The van der Waals surface area contributed by atoms with E-state index in [1.165, 1.54) is 6.07 Å². The average molecular weight is 253 g/mol. The number of aromatic carboxylic acids is 1. The summed E-state index contributed by atoms with van der Waals surface area (Å²) in [7, 11) is 0. The molecule has 1 aromatic carbocycles. The summed E-state index contributed by atoms with van der Waals surface area (Å²) in [6.45, 7) is 4.41. The van der Waals surface area contributed by atoms with Crippen LogP contribution in [0.5, 0.6) is 0 Å². The molecule has 0 saturated carbocycles. The predicted molar refractivity (Wildman–Crippen MR) is 64.1 cm³/mol. The van der Waals surface area contributed by atoms with Crippen molar-refractivity contribution in [1.29, 1.82) is 0 Å². The van der Waals surface area contributed by atoms with Crippen molar-refractivity contribution in [3.8, 4) is 0 Å². The van der Waals surface area contributed by atoms with Gasteiger partial charge in [-0.05, 0) is 13.0 Å². The van der Waals surface area contributed by atoms with E-state index in [4.69, 9.17) is 9.84 Å². The van der Waals surface area contributed by atoms with Gasteiger partial charge in [0.1, 0.15) is 5.82 Å². The lowest BCUT2D eigenvalue weighted by Crippen LogP contribution is -2.43. The van der Waals surface area contributed by atoms with Crippen LogP contribution in [0.3, 0.4) is 0 Å². The van der Waals surface area contributed by atoms with Gasteiger partial charge in [-0.25, -0.2) is 9.18 Å². The topological polar surface area (TPSA) is 49.8 Å². The van der Waals surface area contributed by atoms with Crippen LogP contribution in [0.15, 0.2) is 18.2 Å². The minimum absolute atomic E-state index is 0.214. The summed E-state index contributed by atoms with van der Waals surface area (Å²) >= 11 is 0. The van der Waals surface area contributed by atoms with Gasteiger partial charge < -0.3 is 9.84 Å². The Balaban J connectivity index is 2.18. The zero-order valence-electron chi connectivity index (χ0n) is 10.2. The van der Waals surface area contributed by atoms with E-state index in [9.17, 15) is 9.18 Å². The molecule has 0 radical (unpaired) electrons. The molecule has 1 N–H and O–H groups in total. The lowest BCUT2D eigenvalue weighted by atomic mass is 10.1. The summed E-state index contributed by atoms with van der Waals surface area (Å²) in [5.74, 6) is -1.87. The lowest BCUT2D eigenvalue weighted by molar-refractivity contribution is -0.00483. The van der Waals surface area contributed by atoms with Crippen LogP contribution in [0.2, 0.25) is 0 Å². The van der Waals surface area contributed by atoms with Gasteiger partial charge in [-0.2, -0.15) is 0 Å². The van der Waals surface area contributed by atoms with E-state index in [0.29, 0.717) is 25.3 Å². The number of carboxylic acids is 1. The number of halogens is 1. The maximum absolute atomic E-state index is 14.0. The van der Waals surface area contributed by atoms with Crippen molar-refractivity contribution in [2.24, 2.45) is 0 Å². The van der Waals surface area contributed by atoms with Crippen LogP contribution in [0.25, 0.3) is 0 Å². The number of rotatable bonds is 3. The van der Waals surface area contributed by atoms with Gasteiger partial charge in [0.15, 0.2) is 0 Å². The van der Waals surface area contributed by atoms with Gasteiger partial charge in [-0.3, -0.25) is 4.90 Å². The van der Waals surface area contributed by atoms with Gasteiger partial charge in [-0.15, -0.1) is 0 Å². The van der Waals surface area contributed by atoms with Crippen LogP contribution in [0.4, 0.5) is 4.39 Å². The minimum Gasteiger partial charge on any atom is -0.478 e. The van der Waals surface area contributed by atoms with Gasteiger partial charge in [0, 0.05) is 24.7 Å². The summed E-state index contributed by atoms with van der Waals surface area (Å²) in [4.78, 5) is 12.9. The van der Waals surface area contributed by atoms with Gasteiger partial charge in [0.2, 0.25) is 0 Å². The van der Waals surface area contributed by atoms with E-state index in [1.807, 2.05) is 6.92 Å². The molecule has 4 nitrogen and oxygen atoms in total. The Hall–Kier alpha value is -1.46. The summed E-state index contributed by atoms with van der Waals surface area (Å²) in [5, 5.41) is 8.87. The van der Waals surface area contributed by atoms with Crippen molar-refractivity contribution in [3.63, 3.8) is 0 Å². The number of benzene rings is 1. The summed E-state index contributed by atoms with van der Waals surface area (Å²) in [6, 6.07) is 4.70. The molecule has 0 spiro atoms. The number of nitrogens with zero attached hydrogens (tertiary/aromatic N) is 1. The number of morpholine rings is 1. The van der Waals surface area contributed by atoms with E-state index in [-0.39, 0.29) is 11.6 Å². The monoisotopic (exact) mass is 253 g/mol. The molecule has 1 aliphatic heterocycles. The first-order chi connectivity index (χ1) is 8.59. The van der Waals surface area contributed by atoms with E-state index in [0.717, 1.165) is 6.54 Å². The molecule has 18 heavy (non-hydrogen) atoms. The second kappa shape index (κ2) is 5.46. The standard InChI is InChI=1S/C13H16FNO3/c1-9-8-18-6-5-15(9)7-10-3-2-4-11(12(10)14)13(16)17/h2-4,9H,5-8H2,1H3,(H,16,17). The van der Waals surface area contributed by atoms with Crippen LogP contribution in [-0.2, 0) is 11.3 Å². The minimum atomic E-state index is -1.23. The molecular formula is C13H16FNO3. The molecule has 98 valence electrons. The van der Waals surface area contributed by atoms with Crippen molar-refractivity contribution >= 4 is 5.97 Å². The number of hydrogen-bond donors (Lipinski definition) is 1. The normalized spacial score (nSPS) is 20.9. The third kappa shape index (κ3) is 2.68. The van der Waals surface area contributed by atoms with Gasteiger partial charge in [-0.1, -0.05) is 12.1 Å². The molecule has 2 rings (SSSR count). The summed E-state index contributed by atoms with van der Waals surface area (Å²) < 4.78 is 19.3. The van der Waals surface area contributed by atoms with Crippen LogP contribution < -0.4 is 0 Å². The quantitative estimate of drug-likeness (QED) is 0.891. The van der Waals surface area contributed by atoms with Crippen molar-refractivity contribution in [2.45, 2.75) is 19.5 Å². The molecule has 1 fully saturated rings. The molecule has 0 aliphatic carbocycles. The predicted octanol–water partition coefficient (Wildman–Crippen LogP) is 1.74. The largest absolute Gasteiger partial charge is 0.478 e. The Bertz CT molecular complexity index is 450. The molecule has 1 aliphatic rings. The lowest BCUT2D eigenvalue weighted by Gasteiger charge is -2.33. The number of carboxylic acid groups (broad SMARTS) is 1. The van der Waals surface area contributed by atoms with E-state index in [1.54, 1.807) is 12.1 Å². The van der Waals surface area contributed by atoms with E-state index < -0.39 is 11.8 Å². The summed E-state index contributed by atoms with van der Waals surface area (Å²) in [5.41, 5.74) is 0.150. The fraction of sp³-hybridized carbons (Fsp3) is 0.462. The first kappa shape index (κ1) is 13.0. The molecule has 0 aromatic heterocycles. The fourth-order valence-electron chi connectivity index (χ4n) is 2.08. The Morgan fingerprint density at radius 1 is 1.61 bits per heavy atom. The number of carbonyl (C=O) groups is 1. The maximum atomic E-state index is 14.0. The first-order valence-electron chi connectivity index (χ1n) is 5.92. The second-order valence-electron chi connectivity index (χ2n) is 4.48. The Morgan fingerprint density at radius 2 is 2.39 bits per heavy atom. The molecule has 0 amide bonds. The van der Waals surface area contributed by atoms with Crippen LogP contribution in [-0.4, -0.2) is 41.8 Å². The second-order valence-corrected chi connectivity index (χ2v) is 4.48. The van der Waals surface area contributed by atoms with Crippen molar-refractivity contribution in [1.82, 2.24) is 4.90 Å². The van der Waals surface area contributed by atoms with Crippen molar-refractivity contribution < 1.29 is 19.0 Å². The smallest absolute Gasteiger partial charge is 0.338 e. The van der Waals surface area contributed by atoms with E-state index in [2.05, 4.69) is 4.90 Å². The van der Waals surface area contributed by atoms with Crippen LogP contribution >= 0.6 is 0 Å². The SMILES string of the molecule is CC1COCCN1Cc1cccc(C(=O)O)c1F. The highest BCUT2D eigenvalue weighted by Crippen LogP contribution is 2.17. The highest BCUT2D eigenvalue weighted by molar-refractivity contribution is 5.88. The van der Waals surface area contributed by atoms with Crippen molar-refractivity contribution in [2.75, 3.05) is 19.8 Å². The highest BCUT2D eigenvalue weighted by Gasteiger charge is 2.21. The first-order valence-corrected chi connectivity index (χ1v) is 5.92. The Kier molecular flexibility index (Phi) is 3.93. The molecule has 1 atom stereocenters. The highest BCUT2D eigenvalue weighted by atomic mass is 19.1. The third-order valence-electron chi connectivity index (χ3n) is 3.19. The fourth-order valence-corrected chi connectivity index (χ4v) is 2.08.